The van der Waals surface area contributed by atoms with Crippen molar-refractivity contribution in [3.05, 3.63) is 41.9 Å². The van der Waals surface area contributed by atoms with Gasteiger partial charge in [-0.15, -0.1) is 5.10 Å². The van der Waals surface area contributed by atoms with Gasteiger partial charge in [-0.1, -0.05) is 0 Å². The van der Waals surface area contributed by atoms with Crippen molar-refractivity contribution < 1.29 is 17.6 Å². The quantitative estimate of drug-likeness (QED) is 0.464. The summed E-state index contributed by atoms with van der Waals surface area (Å²) in [6, 6.07) is 2.47. The van der Waals surface area contributed by atoms with Gasteiger partial charge in [-0.3, -0.25) is 4.90 Å². The Morgan fingerprint density at radius 1 is 1.08 bits per heavy atom. The fourth-order valence-electron chi connectivity index (χ4n) is 5.77. The Morgan fingerprint density at radius 2 is 1.89 bits per heavy atom. The number of tetrazole rings is 1. The van der Waals surface area contributed by atoms with E-state index >= 15 is 4.39 Å². The molecule has 13 heteroatoms. The zero-order valence-corrected chi connectivity index (χ0v) is 20.4. The normalized spacial score (nSPS) is 24.6. The minimum absolute atomic E-state index is 0.00580. The number of fused-ring (bicyclic) bond motifs is 1. The van der Waals surface area contributed by atoms with Gasteiger partial charge in [0.15, 0.2) is 11.6 Å². The summed E-state index contributed by atoms with van der Waals surface area (Å²) in [5.41, 5.74) is 1.06. The number of anilines is 3. The van der Waals surface area contributed by atoms with Gasteiger partial charge in [0.25, 0.3) is 5.92 Å². The SMILES string of the molecule is CC1(C)C[C@@H](Nc2nc(Nc3cc(-n4cnnn4)c(C4CC4)cc3F)ncc2F)C[C@@H]2CC(F)(F)CN21. The zero-order valence-electron chi connectivity index (χ0n) is 20.4. The van der Waals surface area contributed by atoms with E-state index in [0.29, 0.717) is 18.5 Å². The van der Waals surface area contributed by atoms with Crippen molar-refractivity contribution in [1.82, 2.24) is 35.1 Å². The number of halogens is 4. The molecule has 2 aliphatic heterocycles. The first-order valence-corrected chi connectivity index (χ1v) is 12.4. The van der Waals surface area contributed by atoms with E-state index in [1.54, 1.807) is 6.07 Å². The van der Waals surface area contributed by atoms with Crippen LogP contribution in [-0.4, -0.2) is 65.2 Å². The summed E-state index contributed by atoms with van der Waals surface area (Å²) in [4.78, 5) is 10.1. The molecular formula is C24H27F4N9. The second-order valence-corrected chi connectivity index (χ2v) is 10.9. The van der Waals surface area contributed by atoms with Crippen LogP contribution < -0.4 is 10.6 Å². The first kappa shape index (κ1) is 24.0. The Labute approximate surface area is 210 Å². The highest BCUT2D eigenvalue weighted by molar-refractivity contribution is 5.62. The van der Waals surface area contributed by atoms with E-state index in [2.05, 4.69) is 36.1 Å². The standard InChI is InChI=1S/C24H27F4N9/c1-23(2)8-14(5-15-9-24(27,28)11-36(15)23)31-21-18(26)10-29-22(33-21)32-19-7-20(37-12-30-34-35-37)16(6-17(19)25)13-3-4-13/h6-7,10,12-15H,3-5,8-9,11H2,1-2H3,(H2,29,31,32,33)/t14-,15+/m0/s1. The average Bonchev–Trinajstić information content (AvgIpc) is 3.41. The van der Waals surface area contributed by atoms with Crippen LogP contribution in [0.3, 0.4) is 0 Å². The Bertz CT molecular complexity index is 1310. The van der Waals surface area contributed by atoms with Crippen LogP contribution in [0, 0.1) is 11.6 Å². The third-order valence-electron chi connectivity index (χ3n) is 7.52. The van der Waals surface area contributed by atoms with E-state index in [1.807, 2.05) is 18.7 Å². The van der Waals surface area contributed by atoms with Crippen molar-refractivity contribution in [3.63, 3.8) is 0 Å². The molecule has 4 heterocycles. The maximum absolute atomic E-state index is 15.0. The van der Waals surface area contributed by atoms with Crippen LogP contribution >= 0.6 is 0 Å². The predicted octanol–water partition coefficient (Wildman–Crippen LogP) is 4.41. The van der Waals surface area contributed by atoms with Gasteiger partial charge in [-0.25, -0.2) is 27.2 Å². The number of piperidine rings is 1. The van der Waals surface area contributed by atoms with E-state index in [9.17, 15) is 13.2 Å². The Hall–Kier alpha value is -3.35. The molecule has 196 valence electrons. The molecule has 0 bridgehead atoms. The third kappa shape index (κ3) is 4.72. The van der Waals surface area contributed by atoms with Gasteiger partial charge in [-0.2, -0.15) is 4.98 Å². The van der Waals surface area contributed by atoms with E-state index in [-0.39, 0.29) is 48.4 Å². The third-order valence-corrected chi connectivity index (χ3v) is 7.52. The lowest BCUT2D eigenvalue weighted by Gasteiger charge is -2.47. The van der Waals surface area contributed by atoms with Gasteiger partial charge in [0.1, 0.15) is 12.1 Å². The highest BCUT2D eigenvalue weighted by Gasteiger charge is 2.53. The summed E-state index contributed by atoms with van der Waals surface area (Å²) in [6.45, 7) is 3.59. The maximum atomic E-state index is 15.0. The van der Waals surface area contributed by atoms with Gasteiger partial charge in [0, 0.05) is 24.0 Å². The summed E-state index contributed by atoms with van der Waals surface area (Å²) in [6.07, 6.45) is 5.13. The van der Waals surface area contributed by atoms with Gasteiger partial charge in [-0.05, 0) is 73.6 Å². The molecule has 3 fully saturated rings. The Kier molecular flexibility index (Phi) is 5.58. The van der Waals surface area contributed by atoms with Gasteiger partial charge in [0.2, 0.25) is 5.95 Å². The highest BCUT2D eigenvalue weighted by atomic mass is 19.3. The molecule has 2 N–H and O–H groups in total. The minimum atomic E-state index is -2.73. The van der Waals surface area contributed by atoms with Crippen molar-refractivity contribution in [2.24, 2.45) is 0 Å². The molecule has 37 heavy (non-hydrogen) atoms. The number of hydrogen-bond donors (Lipinski definition) is 2. The summed E-state index contributed by atoms with van der Waals surface area (Å²) < 4.78 is 59.4. The minimum Gasteiger partial charge on any atom is -0.365 e. The largest absolute Gasteiger partial charge is 0.365 e. The van der Waals surface area contributed by atoms with Crippen LogP contribution in [0.2, 0.25) is 0 Å². The molecule has 0 spiro atoms. The summed E-state index contributed by atoms with van der Waals surface area (Å²) in [5, 5.41) is 17.2. The molecule has 0 unspecified atom stereocenters. The van der Waals surface area contributed by atoms with Gasteiger partial charge < -0.3 is 10.6 Å². The second-order valence-electron chi connectivity index (χ2n) is 10.9. The van der Waals surface area contributed by atoms with Crippen molar-refractivity contribution in [2.75, 3.05) is 17.2 Å². The van der Waals surface area contributed by atoms with Crippen molar-refractivity contribution >= 4 is 17.5 Å². The molecule has 9 nitrogen and oxygen atoms in total. The van der Waals surface area contributed by atoms with Gasteiger partial charge in [0.05, 0.1) is 24.1 Å². The first-order chi connectivity index (χ1) is 17.6. The van der Waals surface area contributed by atoms with E-state index in [0.717, 1.165) is 24.6 Å². The van der Waals surface area contributed by atoms with E-state index in [4.69, 9.17) is 0 Å². The zero-order chi connectivity index (χ0) is 25.9. The highest BCUT2D eigenvalue weighted by Crippen LogP contribution is 2.45. The summed E-state index contributed by atoms with van der Waals surface area (Å²) in [5.74, 6) is -3.73. The van der Waals surface area contributed by atoms with Crippen molar-refractivity contribution in [3.8, 4) is 5.69 Å². The predicted molar refractivity (Wildman–Crippen MR) is 127 cm³/mol. The fraction of sp³-hybridized carbons (Fsp3) is 0.542. The molecule has 2 saturated heterocycles. The second kappa shape index (κ2) is 8.61. The van der Waals surface area contributed by atoms with Gasteiger partial charge >= 0.3 is 0 Å². The molecule has 1 aliphatic carbocycles. The smallest absolute Gasteiger partial charge is 0.262 e. The number of rotatable bonds is 6. The van der Waals surface area contributed by atoms with Crippen LogP contribution in [0.1, 0.15) is 57.4 Å². The summed E-state index contributed by atoms with van der Waals surface area (Å²) >= 11 is 0. The van der Waals surface area contributed by atoms with Crippen molar-refractivity contribution in [1.29, 1.82) is 0 Å². The lowest BCUT2D eigenvalue weighted by atomic mass is 9.84. The molecule has 2 aromatic heterocycles. The lowest BCUT2D eigenvalue weighted by molar-refractivity contribution is -0.00687. The summed E-state index contributed by atoms with van der Waals surface area (Å²) in [7, 11) is 0. The monoisotopic (exact) mass is 517 g/mol. The van der Waals surface area contributed by atoms with E-state index in [1.165, 1.54) is 17.1 Å². The molecule has 2 atom stereocenters. The van der Waals surface area contributed by atoms with Crippen LogP contribution in [-0.2, 0) is 0 Å². The molecule has 1 saturated carbocycles. The lowest BCUT2D eigenvalue weighted by Crippen LogP contribution is -2.55. The molecule has 0 radical (unpaired) electrons. The van der Waals surface area contributed by atoms with Crippen LogP contribution in [0.5, 0.6) is 0 Å². The Morgan fingerprint density at radius 3 is 2.62 bits per heavy atom. The molecular weight excluding hydrogens is 490 g/mol. The van der Waals surface area contributed by atoms with Crippen LogP contribution in [0.25, 0.3) is 5.69 Å². The molecule has 3 aliphatic rings. The number of aromatic nitrogens is 6. The Balaban J connectivity index is 1.24. The average molecular weight is 518 g/mol. The van der Waals surface area contributed by atoms with Crippen molar-refractivity contribution in [2.45, 2.75) is 75.4 Å². The number of hydrogen-bond acceptors (Lipinski definition) is 8. The molecule has 0 amide bonds. The molecule has 1 aromatic carbocycles. The van der Waals surface area contributed by atoms with Crippen LogP contribution in [0.4, 0.5) is 35.0 Å². The topological polar surface area (TPSA) is 96.7 Å². The van der Waals surface area contributed by atoms with E-state index < -0.39 is 23.1 Å². The molecule has 6 rings (SSSR count). The number of benzene rings is 1. The number of alkyl halides is 2. The first-order valence-electron chi connectivity index (χ1n) is 12.4. The maximum Gasteiger partial charge on any atom is 0.262 e. The number of nitrogens with one attached hydrogen (secondary N) is 2. The number of nitrogens with zero attached hydrogens (tertiary/aromatic N) is 7. The van der Waals surface area contributed by atoms with Crippen LogP contribution in [0.15, 0.2) is 24.7 Å². The fourth-order valence-corrected chi connectivity index (χ4v) is 5.77. The molecule has 3 aromatic rings.